The summed E-state index contributed by atoms with van der Waals surface area (Å²) in [6, 6.07) is 18.3. The molecule has 0 saturated heterocycles. The van der Waals surface area contributed by atoms with Gasteiger partial charge < -0.3 is 9.47 Å². The van der Waals surface area contributed by atoms with Crippen LogP contribution in [0.5, 0.6) is 11.5 Å². The van der Waals surface area contributed by atoms with E-state index in [4.69, 9.17) is 9.47 Å². The van der Waals surface area contributed by atoms with E-state index in [0.29, 0.717) is 5.75 Å². The molecule has 0 heterocycles. The van der Waals surface area contributed by atoms with Crippen molar-refractivity contribution in [2.75, 3.05) is 14.2 Å². The first-order chi connectivity index (χ1) is 11.2. The third kappa shape index (κ3) is 3.04. The van der Waals surface area contributed by atoms with E-state index in [1.54, 1.807) is 14.2 Å². The molecule has 0 aromatic heterocycles. The van der Waals surface area contributed by atoms with Gasteiger partial charge in [-0.1, -0.05) is 36.4 Å². The van der Waals surface area contributed by atoms with Crippen LogP contribution < -0.4 is 9.47 Å². The Balaban J connectivity index is 2.02. The Labute approximate surface area is 136 Å². The number of hydrogen-bond acceptors (Lipinski definition) is 3. The topological polar surface area (TPSA) is 30.8 Å². The molecule has 0 saturated carbocycles. The van der Waals surface area contributed by atoms with Crippen LogP contribution in [0.1, 0.15) is 11.1 Å². The number of aryl methyl sites for hydroxylation is 1. The summed E-state index contributed by atoms with van der Waals surface area (Å²) >= 11 is 0. The molecule has 0 unspecified atom stereocenters. The van der Waals surface area contributed by atoms with Gasteiger partial charge in [0, 0.05) is 11.6 Å². The van der Waals surface area contributed by atoms with E-state index in [0.717, 1.165) is 28.0 Å². The Morgan fingerprint density at radius 3 is 2.35 bits per heavy atom. The van der Waals surface area contributed by atoms with E-state index in [1.165, 1.54) is 5.39 Å². The van der Waals surface area contributed by atoms with Crippen LogP contribution in [-0.2, 0) is 0 Å². The van der Waals surface area contributed by atoms with Crippen LogP contribution in [0.3, 0.4) is 0 Å². The minimum Gasteiger partial charge on any atom is -0.493 e. The lowest BCUT2D eigenvalue weighted by molar-refractivity contribution is 0.354. The molecule has 0 spiro atoms. The monoisotopic (exact) mass is 305 g/mol. The fourth-order valence-electron chi connectivity index (χ4n) is 2.60. The van der Waals surface area contributed by atoms with Crippen LogP contribution in [-0.4, -0.2) is 20.4 Å². The third-order valence-corrected chi connectivity index (χ3v) is 3.88. The fraction of sp³-hybridized carbons (Fsp3) is 0.150. The van der Waals surface area contributed by atoms with Crippen molar-refractivity contribution < 1.29 is 9.47 Å². The summed E-state index contributed by atoms with van der Waals surface area (Å²) in [5, 5.41) is 2.33. The average molecular weight is 305 g/mol. The van der Waals surface area contributed by atoms with E-state index >= 15 is 0 Å². The van der Waals surface area contributed by atoms with Gasteiger partial charge in [0.25, 0.3) is 0 Å². The Bertz CT molecular complexity index is 863. The minimum absolute atomic E-state index is 0.706. The Hall–Kier alpha value is -2.81. The number of rotatable bonds is 4. The molecule has 3 heteroatoms. The third-order valence-electron chi connectivity index (χ3n) is 3.88. The van der Waals surface area contributed by atoms with Crippen molar-refractivity contribution in [3.05, 3.63) is 65.7 Å². The number of nitrogens with zero attached hydrogens (tertiary/aromatic N) is 1. The fourth-order valence-corrected chi connectivity index (χ4v) is 2.60. The highest BCUT2D eigenvalue weighted by molar-refractivity contribution is 5.95. The highest BCUT2D eigenvalue weighted by atomic mass is 16.5. The first-order valence-corrected chi connectivity index (χ1v) is 7.47. The van der Waals surface area contributed by atoms with Crippen LogP contribution in [0.15, 0.2) is 59.6 Å². The summed E-state index contributed by atoms with van der Waals surface area (Å²) in [6.07, 6.45) is 1.87. The van der Waals surface area contributed by atoms with E-state index in [-0.39, 0.29) is 0 Å². The van der Waals surface area contributed by atoms with Crippen molar-refractivity contribution in [1.82, 2.24) is 0 Å². The second-order valence-corrected chi connectivity index (χ2v) is 5.32. The number of aliphatic imine (C=N–C) groups is 1. The summed E-state index contributed by atoms with van der Waals surface area (Å²) in [5.41, 5.74) is 3.06. The van der Waals surface area contributed by atoms with Crippen molar-refractivity contribution in [1.29, 1.82) is 0 Å². The molecule has 0 N–H and O–H groups in total. The van der Waals surface area contributed by atoms with Gasteiger partial charge >= 0.3 is 0 Å². The Kier molecular flexibility index (Phi) is 4.29. The van der Waals surface area contributed by atoms with Crippen LogP contribution in [0.25, 0.3) is 10.8 Å². The molecule has 3 rings (SSSR count). The van der Waals surface area contributed by atoms with Crippen molar-refractivity contribution in [2.45, 2.75) is 6.92 Å². The van der Waals surface area contributed by atoms with Crippen LogP contribution in [0.4, 0.5) is 5.69 Å². The van der Waals surface area contributed by atoms with Gasteiger partial charge in [0.05, 0.1) is 19.9 Å². The maximum absolute atomic E-state index is 5.37. The molecule has 0 bridgehead atoms. The highest BCUT2D eigenvalue weighted by Crippen LogP contribution is 2.30. The number of ether oxygens (including phenoxy) is 2. The zero-order valence-corrected chi connectivity index (χ0v) is 13.5. The molecule has 0 fully saturated rings. The van der Waals surface area contributed by atoms with Crippen LogP contribution >= 0.6 is 0 Å². The first-order valence-electron chi connectivity index (χ1n) is 7.47. The standard InChI is InChI=1S/C20H19NO2/c1-14-11-19(22-2)20(23-3)12-16(14)13-21-18-10-6-8-15-7-4-5-9-17(15)18/h4-13H,1-3H3. The van der Waals surface area contributed by atoms with Gasteiger partial charge in [-0.05, 0) is 41.6 Å². The van der Waals surface area contributed by atoms with E-state index < -0.39 is 0 Å². The van der Waals surface area contributed by atoms with Gasteiger partial charge in [0.1, 0.15) is 0 Å². The van der Waals surface area contributed by atoms with Crippen LogP contribution in [0, 0.1) is 6.92 Å². The van der Waals surface area contributed by atoms with E-state index in [1.807, 2.05) is 49.5 Å². The van der Waals surface area contributed by atoms with E-state index in [2.05, 4.69) is 23.2 Å². The molecule has 0 radical (unpaired) electrons. The molecule has 0 amide bonds. The summed E-state index contributed by atoms with van der Waals surface area (Å²) in [4.78, 5) is 4.67. The summed E-state index contributed by atoms with van der Waals surface area (Å²) < 4.78 is 10.7. The van der Waals surface area contributed by atoms with Gasteiger partial charge in [-0.3, -0.25) is 4.99 Å². The van der Waals surface area contributed by atoms with E-state index in [9.17, 15) is 0 Å². The lowest BCUT2D eigenvalue weighted by Crippen LogP contribution is -1.95. The van der Waals surface area contributed by atoms with Crippen molar-refractivity contribution in [2.24, 2.45) is 4.99 Å². The molecule has 0 aliphatic rings. The molecule has 3 aromatic rings. The molecule has 23 heavy (non-hydrogen) atoms. The molecular formula is C20H19NO2. The Morgan fingerprint density at radius 2 is 1.57 bits per heavy atom. The molecule has 116 valence electrons. The zero-order valence-electron chi connectivity index (χ0n) is 13.5. The quantitative estimate of drug-likeness (QED) is 0.641. The SMILES string of the molecule is COc1cc(C)c(C=Nc2cccc3ccccc23)cc1OC. The number of hydrogen-bond donors (Lipinski definition) is 0. The number of fused-ring (bicyclic) bond motifs is 1. The molecule has 3 aromatic carbocycles. The van der Waals surface area contributed by atoms with Crippen molar-refractivity contribution >= 4 is 22.7 Å². The molecule has 0 atom stereocenters. The lowest BCUT2D eigenvalue weighted by atomic mass is 10.1. The molecule has 0 aliphatic carbocycles. The van der Waals surface area contributed by atoms with Gasteiger partial charge in [-0.25, -0.2) is 0 Å². The summed E-state index contributed by atoms with van der Waals surface area (Å²) in [7, 11) is 3.28. The normalized spacial score (nSPS) is 11.1. The first kappa shape index (κ1) is 15.1. The minimum atomic E-state index is 0.706. The van der Waals surface area contributed by atoms with Crippen molar-refractivity contribution in [3.8, 4) is 11.5 Å². The Morgan fingerprint density at radius 1 is 0.870 bits per heavy atom. The highest BCUT2D eigenvalue weighted by Gasteiger charge is 2.07. The van der Waals surface area contributed by atoms with Gasteiger partial charge in [0.15, 0.2) is 11.5 Å². The van der Waals surface area contributed by atoms with Gasteiger partial charge in [-0.15, -0.1) is 0 Å². The number of benzene rings is 3. The largest absolute Gasteiger partial charge is 0.493 e. The molecule has 3 nitrogen and oxygen atoms in total. The molecular weight excluding hydrogens is 286 g/mol. The van der Waals surface area contributed by atoms with Gasteiger partial charge in [-0.2, -0.15) is 0 Å². The van der Waals surface area contributed by atoms with Gasteiger partial charge in [0.2, 0.25) is 0 Å². The smallest absolute Gasteiger partial charge is 0.161 e. The maximum Gasteiger partial charge on any atom is 0.161 e. The average Bonchev–Trinajstić information content (AvgIpc) is 2.60. The second kappa shape index (κ2) is 6.53. The summed E-state index contributed by atoms with van der Waals surface area (Å²) in [6.45, 7) is 2.03. The second-order valence-electron chi connectivity index (χ2n) is 5.32. The predicted molar refractivity (Wildman–Crippen MR) is 95.5 cm³/mol. The maximum atomic E-state index is 5.37. The van der Waals surface area contributed by atoms with Crippen LogP contribution in [0.2, 0.25) is 0 Å². The summed E-state index contributed by atoms with van der Waals surface area (Å²) in [5.74, 6) is 1.43. The zero-order chi connectivity index (χ0) is 16.2. The number of methoxy groups -OCH3 is 2. The van der Waals surface area contributed by atoms with Crippen molar-refractivity contribution in [3.63, 3.8) is 0 Å². The lowest BCUT2D eigenvalue weighted by Gasteiger charge is -2.10. The molecule has 0 aliphatic heterocycles. The predicted octanol–water partition coefficient (Wildman–Crippen LogP) is 4.92.